The van der Waals surface area contributed by atoms with E-state index in [0.29, 0.717) is 18.3 Å². The molecule has 1 rings (SSSR count). The molecule has 0 aliphatic rings. The molecular weight excluding hydrogens is 280 g/mol. The lowest BCUT2D eigenvalue weighted by Crippen LogP contribution is -2.29. The van der Waals surface area contributed by atoms with E-state index in [1.807, 2.05) is 38.5 Å². The summed E-state index contributed by atoms with van der Waals surface area (Å²) in [6.07, 6.45) is 3.95. The first-order valence-corrected chi connectivity index (χ1v) is 7.65. The van der Waals surface area contributed by atoms with Crippen LogP contribution in [-0.2, 0) is 17.8 Å². The van der Waals surface area contributed by atoms with Crippen molar-refractivity contribution in [3.63, 3.8) is 0 Å². The van der Waals surface area contributed by atoms with Crippen molar-refractivity contribution >= 4 is 11.8 Å². The number of nitrogens with one attached hydrogen (secondary N) is 2. The van der Waals surface area contributed by atoms with Crippen molar-refractivity contribution in [2.45, 2.75) is 65.8 Å². The minimum absolute atomic E-state index is 0.312. The Morgan fingerprint density at radius 1 is 1.55 bits per heavy atom. The molecule has 0 radical (unpaired) electrons. The summed E-state index contributed by atoms with van der Waals surface area (Å²) < 4.78 is 7.14. The number of carbonyl (C=O) groups is 1. The van der Waals surface area contributed by atoms with Crippen molar-refractivity contribution in [1.29, 1.82) is 0 Å². The Morgan fingerprint density at radius 2 is 2.23 bits per heavy atom. The van der Waals surface area contributed by atoms with Gasteiger partial charge in [-0.25, -0.2) is 4.79 Å². The van der Waals surface area contributed by atoms with Gasteiger partial charge in [0.2, 0.25) is 0 Å². The minimum atomic E-state index is -0.526. The van der Waals surface area contributed by atoms with Gasteiger partial charge in [-0.2, -0.15) is 5.10 Å². The maximum Gasteiger partial charge on any atom is 0.412 e. The normalized spacial score (nSPS) is 12.8. The number of aryl methyl sites for hydroxylation is 1. The van der Waals surface area contributed by atoms with Crippen molar-refractivity contribution in [3.05, 3.63) is 24.5 Å². The van der Waals surface area contributed by atoms with Crippen LogP contribution in [0.4, 0.5) is 10.5 Å². The fourth-order valence-electron chi connectivity index (χ4n) is 1.99. The van der Waals surface area contributed by atoms with Crippen LogP contribution in [0.1, 0.15) is 46.7 Å². The molecule has 0 bridgehead atoms. The van der Waals surface area contributed by atoms with Gasteiger partial charge in [0.25, 0.3) is 0 Å². The van der Waals surface area contributed by atoms with Crippen LogP contribution in [0.3, 0.4) is 0 Å². The number of amides is 1. The summed E-state index contributed by atoms with van der Waals surface area (Å²) in [4.78, 5) is 11.9. The van der Waals surface area contributed by atoms with Crippen LogP contribution in [0.5, 0.6) is 0 Å². The van der Waals surface area contributed by atoms with Gasteiger partial charge in [-0.15, -0.1) is 6.58 Å². The lowest BCUT2D eigenvalue weighted by Gasteiger charge is -2.20. The Kier molecular flexibility index (Phi) is 6.61. The number of ether oxygens (including phenoxy) is 1. The lowest BCUT2D eigenvalue weighted by molar-refractivity contribution is 0.0635. The molecule has 2 N–H and O–H groups in total. The largest absolute Gasteiger partial charge is 0.444 e. The first-order valence-electron chi connectivity index (χ1n) is 7.65. The molecule has 1 aromatic heterocycles. The summed E-state index contributed by atoms with van der Waals surface area (Å²) in [7, 11) is 0. The van der Waals surface area contributed by atoms with Gasteiger partial charge in [-0.3, -0.25) is 10.00 Å². The van der Waals surface area contributed by atoms with E-state index >= 15 is 0 Å². The highest BCUT2D eigenvalue weighted by Crippen LogP contribution is 2.17. The number of hydrogen-bond acceptors (Lipinski definition) is 4. The molecule has 6 nitrogen and oxygen atoms in total. The molecule has 1 atom stereocenters. The third-order valence-corrected chi connectivity index (χ3v) is 3.02. The predicted molar refractivity (Wildman–Crippen MR) is 88.9 cm³/mol. The highest BCUT2D eigenvalue weighted by Gasteiger charge is 2.19. The SMILES string of the molecule is C=CCC(C)NCc1c(NC(=O)OC(C)(C)C)cnn1CC. The molecule has 0 fully saturated rings. The Hall–Kier alpha value is -1.82. The molecular formula is C16H28N4O2. The van der Waals surface area contributed by atoms with E-state index in [4.69, 9.17) is 4.74 Å². The second-order valence-corrected chi connectivity index (χ2v) is 6.25. The van der Waals surface area contributed by atoms with Crippen molar-refractivity contribution in [2.24, 2.45) is 0 Å². The second-order valence-electron chi connectivity index (χ2n) is 6.25. The monoisotopic (exact) mass is 308 g/mol. The maximum atomic E-state index is 11.9. The molecule has 124 valence electrons. The zero-order valence-electron chi connectivity index (χ0n) is 14.3. The average molecular weight is 308 g/mol. The fourth-order valence-corrected chi connectivity index (χ4v) is 1.99. The minimum Gasteiger partial charge on any atom is -0.444 e. The first-order chi connectivity index (χ1) is 10.3. The smallest absolute Gasteiger partial charge is 0.412 e. The quantitative estimate of drug-likeness (QED) is 0.758. The van der Waals surface area contributed by atoms with Gasteiger partial charge in [0.1, 0.15) is 5.60 Å². The van der Waals surface area contributed by atoms with Gasteiger partial charge >= 0.3 is 6.09 Å². The Morgan fingerprint density at radius 3 is 2.77 bits per heavy atom. The van der Waals surface area contributed by atoms with E-state index < -0.39 is 11.7 Å². The van der Waals surface area contributed by atoms with Crippen LogP contribution in [0.2, 0.25) is 0 Å². The molecule has 0 saturated carbocycles. The van der Waals surface area contributed by atoms with E-state index in [1.54, 1.807) is 6.20 Å². The van der Waals surface area contributed by atoms with E-state index in [2.05, 4.69) is 29.2 Å². The van der Waals surface area contributed by atoms with Crippen LogP contribution < -0.4 is 10.6 Å². The molecule has 0 aromatic carbocycles. The van der Waals surface area contributed by atoms with Crippen molar-refractivity contribution < 1.29 is 9.53 Å². The van der Waals surface area contributed by atoms with Crippen molar-refractivity contribution in [3.8, 4) is 0 Å². The maximum absolute atomic E-state index is 11.9. The van der Waals surface area contributed by atoms with Crippen LogP contribution in [0.25, 0.3) is 0 Å². The van der Waals surface area contributed by atoms with Crippen molar-refractivity contribution in [2.75, 3.05) is 5.32 Å². The van der Waals surface area contributed by atoms with Crippen LogP contribution in [0.15, 0.2) is 18.9 Å². The Bertz CT molecular complexity index is 503. The van der Waals surface area contributed by atoms with E-state index in [0.717, 1.165) is 18.7 Å². The summed E-state index contributed by atoms with van der Waals surface area (Å²) in [5.41, 5.74) is 1.08. The van der Waals surface area contributed by atoms with E-state index in [1.165, 1.54) is 0 Å². The number of aromatic nitrogens is 2. The number of carbonyl (C=O) groups excluding carboxylic acids is 1. The number of rotatable bonds is 7. The van der Waals surface area contributed by atoms with Gasteiger partial charge in [-0.05, 0) is 41.0 Å². The zero-order chi connectivity index (χ0) is 16.8. The molecule has 1 aromatic rings. The molecule has 0 aliphatic carbocycles. The van der Waals surface area contributed by atoms with Gasteiger partial charge < -0.3 is 10.1 Å². The number of anilines is 1. The summed E-state index contributed by atoms with van der Waals surface area (Å²) in [5.74, 6) is 0. The van der Waals surface area contributed by atoms with Gasteiger partial charge in [0.05, 0.1) is 17.6 Å². The molecule has 22 heavy (non-hydrogen) atoms. The molecule has 0 saturated heterocycles. The Labute approximate surface area is 132 Å². The molecule has 0 spiro atoms. The van der Waals surface area contributed by atoms with Crippen LogP contribution in [-0.4, -0.2) is 27.5 Å². The third kappa shape index (κ3) is 5.89. The molecule has 6 heteroatoms. The summed E-state index contributed by atoms with van der Waals surface area (Å²) >= 11 is 0. The van der Waals surface area contributed by atoms with E-state index in [9.17, 15) is 4.79 Å². The first kappa shape index (κ1) is 18.2. The molecule has 0 aliphatic heterocycles. The third-order valence-electron chi connectivity index (χ3n) is 3.02. The number of nitrogens with zero attached hydrogens (tertiary/aromatic N) is 2. The Balaban J connectivity index is 2.76. The molecule has 1 unspecified atom stereocenters. The molecule has 1 amide bonds. The number of hydrogen-bond donors (Lipinski definition) is 2. The topological polar surface area (TPSA) is 68.2 Å². The highest BCUT2D eigenvalue weighted by atomic mass is 16.6. The predicted octanol–water partition coefficient (Wildman–Crippen LogP) is 3.30. The van der Waals surface area contributed by atoms with Gasteiger partial charge in [0, 0.05) is 19.1 Å². The van der Waals surface area contributed by atoms with Crippen LogP contribution >= 0.6 is 0 Å². The van der Waals surface area contributed by atoms with Gasteiger partial charge in [0.15, 0.2) is 0 Å². The van der Waals surface area contributed by atoms with Crippen LogP contribution in [0, 0.1) is 0 Å². The fraction of sp³-hybridized carbons (Fsp3) is 0.625. The molecule has 1 heterocycles. The zero-order valence-corrected chi connectivity index (χ0v) is 14.3. The summed E-state index contributed by atoms with van der Waals surface area (Å²) in [6.45, 7) is 14.7. The van der Waals surface area contributed by atoms with Crippen molar-refractivity contribution in [1.82, 2.24) is 15.1 Å². The highest BCUT2D eigenvalue weighted by molar-refractivity contribution is 5.85. The standard InChI is InChI=1S/C16H28N4O2/c1-7-9-12(3)17-11-14-13(10-18-20(14)8-2)19-15(21)22-16(4,5)6/h7,10,12,17H,1,8-9,11H2,2-6H3,(H,19,21). The average Bonchev–Trinajstić information content (AvgIpc) is 2.76. The summed E-state index contributed by atoms with van der Waals surface area (Å²) in [5, 5.41) is 10.5. The summed E-state index contributed by atoms with van der Waals surface area (Å²) in [6, 6.07) is 0.312. The van der Waals surface area contributed by atoms with Gasteiger partial charge in [-0.1, -0.05) is 6.08 Å². The van der Waals surface area contributed by atoms with E-state index in [-0.39, 0.29) is 0 Å². The lowest BCUT2D eigenvalue weighted by atomic mass is 10.2. The second kappa shape index (κ2) is 7.98.